The minimum Gasteiger partial charge on any atom is -0.496 e. The molecule has 0 spiro atoms. The Balaban J connectivity index is 0.000000231. The summed E-state index contributed by atoms with van der Waals surface area (Å²) in [5.41, 5.74) is 0. The molecule has 0 saturated carbocycles. The molecule has 14 heteroatoms. The molecule has 0 saturated heterocycles. The second-order valence-corrected chi connectivity index (χ2v) is 26.4. The van der Waals surface area contributed by atoms with Gasteiger partial charge in [0.25, 0.3) is 0 Å². The summed E-state index contributed by atoms with van der Waals surface area (Å²) in [6, 6.07) is 77.4. The van der Waals surface area contributed by atoms with Crippen molar-refractivity contribution in [3.05, 3.63) is 243 Å². The summed E-state index contributed by atoms with van der Waals surface area (Å²) in [7, 11) is -1.15. The Bertz CT molecular complexity index is 2580. The zero-order valence-electron chi connectivity index (χ0n) is 44.6. The number of hydrogen-bond donors (Lipinski definition) is 0. The molecule has 78 heavy (non-hydrogen) atoms. The first kappa shape index (κ1) is 63.4. The molecule has 0 aromatic heterocycles. The van der Waals surface area contributed by atoms with Crippen LogP contribution in [0.4, 0.5) is 17.3 Å². The molecule has 8 aromatic rings. The SMILES string of the molecule is C1=C\CC/C=C\CC/1.COc1ccccc1[P@](CC[P@](c1ccccc1)c1ccccc1OC)c1ccccc1.COc1ccccc1[P@](CC[P@](c1ccccc1)c1ccccc1OC)c1ccccc1.F[B-](F)(F)F.[Rh]. The fraction of sp³-hybridized carbons (Fsp3) is 0.188. The number of ether oxygens (including phenoxy) is 4. The zero-order valence-corrected chi connectivity index (χ0v) is 49.8. The molecule has 4 atom stereocenters. The standard InChI is InChI=1S/2C28H28O2P2.C8H12.BF4.Rh/c2*1-29-25-17-9-11-19-27(25)31(23-13-5-3-6-14-23)21-22-32(24-15-7-4-8-16-24)28-20-12-10-18-26(28)30-2;1-2-4-6-8-7-5-3-1;2-1(3,4)5;/h2*3-20H,21-22H2,1-2H3;1-2,7-8H,3-6H2;;/q;;;-1;/b;;2-1-,8-7-;;/t2*31-,32-;;;/m11.../s1. The third kappa shape index (κ3) is 20.7. The van der Waals surface area contributed by atoms with Crippen LogP contribution in [0.2, 0.25) is 0 Å². The Morgan fingerprint density at radius 3 is 0.641 bits per heavy atom. The molecule has 0 unspecified atom stereocenters. The molecule has 8 aromatic carbocycles. The van der Waals surface area contributed by atoms with E-state index in [0.29, 0.717) is 0 Å². The molecule has 0 N–H and O–H groups in total. The zero-order chi connectivity index (χ0) is 54.5. The number of benzene rings is 8. The van der Waals surface area contributed by atoms with Crippen LogP contribution in [-0.4, -0.2) is 60.3 Å². The van der Waals surface area contributed by atoms with Crippen molar-refractivity contribution in [3.8, 4) is 23.0 Å². The van der Waals surface area contributed by atoms with Crippen molar-refractivity contribution in [1.29, 1.82) is 0 Å². The first-order chi connectivity index (χ1) is 37.6. The van der Waals surface area contributed by atoms with E-state index in [0.717, 1.165) is 47.6 Å². The Morgan fingerprint density at radius 1 is 0.295 bits per heavy atom. The Kier molecular flexibility index (Phi) is 28.6. The van der Waals surface area contributed by atoms with Crippen LogP contribution in [0.15, 0.2) is 243 Å². The Morgan fingerprint density at radius 2 is 0.462 bits per heavy atom. The monoisotopic (exact) mass is 1210 g/mol. The van der Waals surface area contributed by atoms with Gasteiger partial charge >= 0.3 is 7.25 Å². The average molecular weight is 1210 g/mol. The molecule has 409 valence electrons. The van der Waals surface area contributed by atoms with E-state index in [-0.39, 0.29) is 19.5 Å². The third-order valence-corrected chi connectivity index (χ3v) is 23.1. The molecule has 0 amide bonds. The van der Waals surface area contributed by atoms with Gasteiger partial charge in [-0.05, 0) is 128 Å². The number of rotatable bonds is 18. The van der Waals surface area contributed by atoms with E-state index >= 15 is 0 Å². The van der Waals surface area contributed by atoms with Gasteiger partial charge < -0.3 is 36.2 Å². The minimum atomic E-state index is -6.00. The van der Waals surface area contributed by atoms with Crippen molar-refractivity contribution >= 4 is 81.4 Å². The first-order valence-corrected chi connectivity index (χ1v) is 31.7. The fourth-order valence-electron chi connectivity index (χ4n) is 8.65. The van der Waals surface area contributed by atoms with E-state index in [1.165, 1.54) is 68.1 Å². The smallest absolute Gasteiger partial charge is 0.496 e. The van der Waals surface area contributed by atoms with Gasteiger partial charge in [0, 0.05) is 40.7 Å². The van der Waals surface area contributed by atoms with Gasteiger partial charge in [0.05, 0.1) is 28.4 Å². The van der Waals surface area contributed by atoms with Gasteiger partial charge in [-0.15, -0.1) is 0 Å². The normalized spacial score (nSPS) is 14.1. The molecular weight excluding hydrogens is 1150 g/mol. The summed E-state index contributed by atoms with van der Waals surface area (Å²) in [5.74, 6) is 3.90. The molecule has 1 aliphatic rings. The third-order valence-electron chi connectivity index (χ3n) is 12.2. The summed E-state index contributed by atoms with van der Waals surface area (Å²) < 4.78 is 62.0. The van der Waals surface area contributed by atoms with Crippen LogP contribution in [0, 0.1) is 0 Å². The maximum atomic E-state index is 9.75. The molecule has 0 fully saturated rings. The van der Waals surface area contributed by atoms with Gasteiger partial charge in [-0.3, -0.25) is 0 Å². The van der Waals surface area contributed by atoms with E-state index in [1.54, 1.807) is 28.4 Å². The Hall–Kier alpha value is -5.43. The molecule has 0 heterocycles. The topological polar surface area (TPSA) is 36.9 Å². The predicted molar refractivity (Wildman–Crippen MR) is 329 cm³/mol. The number of para-hydroxylation sites is 4. The van der Waals surface area contributed by atoms with Crippen molar-refractivity contribution < 1.29 is 55.7 Å². The van der Waals surface area contributed by atoms with Gasteiger partial charge in [0.1, 0.15) is 23.0 Å². The maximum absolute atomic E-state index is 9.75. The van der Waals surface area contributed by atoms with Crippen molar-refractivity contribution in [3.63, 3.8) is 0 Å². The second kappa shape index (κ2) is 35.2. The molecule has 1 radical (unpaired) electrons. The van der Waals surface area contributed by atoms with Crippen LogP contribution >= 0.6 is 31.7 Å². The van der Waals surface area contributed by atoms with Crippen LogP contribution in [0.3, 0.4) is 0 Å². The minimum absolute atomic E-state index is 0. The van der Waals surface area contributed by atoms with Crippen molar-refractivity contribution in [2.75, 3.05) is 53.1 Å². The number of allylic oxidation sites excluding steroid dienone is 4. The van der Waals surface area contributed by atoms with Crippen molar-refractivity contribution in [2.45, 2.75) is 25.7 Å². The molecule has 9 rings (SSSR count). The fourth-order valence-corrected chi connectivity index (χ4v) is 19.9. The van der Waals surface area contributed by atoms with Crippen molar-refractivity contribution in [1.82, 2.24) is 0 Å². The van der Waals surface area contributed by atoms with E-state index in [4.69, 9.17) is 18.9 Å². The van der Waals surface area contributed by atoms with Gasteiger partial charge in [-0.25, -0.2) is 0 Å². The van der Waals surface area contributed by atoms with Gasteiger partial charge in [0.2, 0.25) is 0 Å². The summed E-state index contributed by atoms with van der Waals surface area (Å²) >= 11 is 0. The summed E-state index contributed by atoms with van der Waals surface area (Å²) in [6.07, 6.45) is 18.3. The number of halogens is 4. The van der Waals surface area contributed by atoms with Crippen LogP contribution in [0.1, 0.15) is 25.7 Å². The quantitative estimate of drug-likeness (QED) is 0.0371. The van der Waals surface area contributed by atoms with Crippen LogP contribution in [-0.2, 0) is 19.5 Å². The molecule has 4 nitrogen and oxygen atoms in total. The molecule has 1 aliphatic carbocycles. The second-order valence-electron chi connectivity index (χ2n) is 17.2. The van der Waals surface area contributed by atoms with Gasteiger partial charge in [-0.2, -0.15) is 0 Å². The number of methoxy groups -OCH3 is 4. The summed E-state index contributed by atoms with van der Waals surface area (Å²) in [5, 5.41) is 10.8. The van der Waals surface area contributed by atoms with E-state index in [1.807, 2.05) is 24.3 Å². The summed E-state index contributed by atoms with van der Waals surface area (Å²) in [6.45, 7) is 0. The average Bonchev–Trinajstić information content (AvgIpc) is 3.47. The van der Waals surface area contributed by atoms with E-state index < -0.39 is 38.9 Å². The molecule has 0 aliphatic heterocycles. The number of hydrogen-bond acceptors (Lipinski definition) is 4. The van der Waals surface area contributed by atoms with Crippen LogP contribution in [0.25, 0.3) is 0 Å². The van der Waals surface area contributed by atoms with Gasteiger partial charge in [-0.1, -0.05) is 218 Å². The Labute approximate surface area is 478 Å². The van der Waals surface area contributed by atoms with Gasteiger partial charge in [0.15, 0.2) is 0 Å². The maximum Gasteiger partial charge on any atom is 0.673 e. The molecule has 0 bridgehead atoms. The van der Waals surface area contributed by atoms with E-state index in [9.17, 15) is 17.3 Å². The van der Waals surface area contributed by atoms with E-state index in [2.05, 4.69) is 218 Å². The predicted octanol–water partition coefficient (Wildman–Crippen LogP) is 14.5. The van der Waals surface area contributed by atoms with Crippen molar-refractivity contribution in [2.24, 2.45) is 0 Å². The van der Waals surface area contributed by atoms with Crippen LogP contribution in [0.5, 0.6) is 23.0 Å². The first-order valence-electron chi connectivity index (χ1n) is 25.6. The summed E-state index contributed by atoms with van der Waals surface area (Å²) in [4.78, 5) is 0. The largest absolute Gasteiger partial charge is 0.673 e. The molecular formula is C64H68BF4O4P4Rh-. The van der Waals surface area contributed by atoms with Crippen LogP contribution < -0.4 is 61.4 Å².